The van der Waals surface area contributed by atoms with Crippen LogP contribution in [0, 0.1) is 5.92 Å². The molecule has 76 valence electrons. The lowest BCUT2D eigenvalue weighted by Crippen LogP contribution is -2.38. The fourth-order valence-electron chi connectivity index (χ4n) is 2.34. The van der Waals surface area contributed by atoms with Gasteiger partial charge >= 0.3 is 0 Å². The van der Waals surface area contributed by atoms with E-state index in [1.165, 1.54) is 25.7 Å². The second-order valence-corrected chi connectivity index (χ2v) is 5.24. The van der Waals surface area contributed by atoms with Crippen molar-refractivity contribution in [2.24, 2.45) is 5.92 Å². The highest BCUT2D eigenvalue weighted by Gasteiger charge is 2.32. The first kappa shape index (κ1) is 9.79. The molecule has 2 aliphatic rings. The number of ether oxygens (including phenoxy) is 1. The minimum atomic E-state index is 0.392. The first-order valence-electron chi connectivity index (χ1n) is 5.55. The van der Waals surface area contributed by atoms with Gasteiger partial charge in [-0.25, -0.2) is 0 Å². The molecule has 2 unspecified atom stereocenters. The molecule has 2 aliphatic carbocycles. The van der Waals surface area contributed by atoms with Crippen molar-refractivity contribution in [2.45, 2.75) is 63.0 Å². The van der Waals surface area contributed by atoms with E-state index in [0.717, 1.165) is 18.8 Å². The summed E-state index contributed by atoms with van der Waals surface area (Å²) in [5, 5.41) is 0.392. The van der Waals surface area contributed by atoms with E-state index in [1.54, 1.807) is 0 Å². The third-order valence-electron chi connectivity index (χ3n) is 3.44. The van der Waals surface area contributed by atoms with Gasteiger partial charge in [-0.2, -0.15) is 0 Å². The summed E-state index contributed by atoms with van der Waals surface area (Å²) in [6.45, 7) is 2.32. The molecule has 0 bridgehead atoms. The Morgan fingerprint density at radius 2 is 1.85 bits per heavy atom. The predicted octanol–water partition coefficient (Wildman–Crippen LogP) is 3.35. The van der Waals surface area contributed by atoms with Crippen molar-refractivity contribution in [3.05, 3.63) is 0 Å². The van der Waals surface area contributed by atoms with Crippen molar-refractivity contribution in [3.8, 4) is 0 Å². The summed E-state index contributed by atoms with van der Waals surface area (Å²) in [6, 6.07) is 0. The minimum absolute atomic E-state index is 0.392. The Morgan fingerprint density at radius 1 is 1.15 bits per heavy atom. The van der Waals surface area contributed by atoms with Crippen LogP contribution in [0.3, 0.4) is 0 Å². The summed E-state index contributed by atoms with van der Waals surface area (Å²) in [7, 11) is 0. The van der Waals surface area contributed by atoms with E-state index in [4.69, 9.17) is 16.3 Å². The second-order valence-electron chi connectivity index (χ2n) is 4.63. The SMILES string of the molecule is CC1CCCCC1OC1CC(Cl)C1. The highest BCUT2D eigenvalue weighted by Crippen LogP contribution is 2.34. The van der Waals surface area contributed by atoms with Crippen molar-refractivity contribution < 1.29 is 4.74 Å². The Hall–Kier alpha value is 0.250. The molecule has 0 N–H and O–H groups in total. The van der Waals surface area contributed by atoms with Crippen LogP contribution in [0.25, 0.3) is 0 Å². The van der Waals surface area contributed by atoms with Gasteiger partial charge in [0.1, 0.15) is 0 Å². The Balaban J connectivity index is 1.73. The minimum Gasteiger partial charge on any atom is -0.375 e. The molecule has 0 aromatic rings. The lowest BCUT2D eigenvalue weighted by molar-refractivity contribution is -0.0839. The number of rotatable bonds is 2. The normalized spacial score (nSPS) is 45.7. The third-order valence-corrected chi connectivity index (χ3v) is 3.79. The van der Waals surface area contributed by atoms with Crippen LogP contribution in [0.4, 0.5) is 0 Å². The zero-order valence-corrected chi connectivity index (χ0v) is 9.09. The molecule has 0 aromatic carbocycles. The second kappa shape index (κ2) is 4.18. The van der Waals surface area contributed by atoms with E-state index in [1.807, 2.05) is 0 Å². The highest BCUT2D eigenvalue weighted by atomic mass is 35.5. The van der Waals surface area contributed by atoms with Gasteiger partial charge in [-0.15, -0.1) is 11.6 Å². The zero-order chi connectivity index (χ0) is 9.26. The Bertz CT molecular complexity index is 165. The van der Waals surface area contributed by atoms with E-state index < -0.39 is 0 Å². The maximum Gasteiger partial charge on any atom is 0.0607 e. The van der Waals surface area contributed by atoms with E-state index in [9.17, 15) is 0 Å². The van der Waals surface area contributed by atoms with Crippen LogP contribution in [-0.4, -0.2) is 17.6 Å². The quantitative estimate of drug-likeness (QED) is 0.624. The Kier molecular flexibility index (Phi) is 3.15. The molecule has 2 saturated carbocycles. The van der Waals surface area contributed by atoms with Gasteiger partial charge in [0.05, 0.1) is 12.2 Å². The van der Waals surface area contributed by atoms with Crippen molar-refractivity contribution >= 4 is 11.6 Å². The van der Waals surface area contributed by atoms with Crippen LogP contribution in [0.1, 0.15) is 45.4 Å². The van der Waals surface area contributed by atoms with Gasteiger partial charge in [0.2, 0.25) is 0 Å². The topological polar surface area (TPSA) is 9.23 Å². The van der Waals surface area contributed by atoms with Gasteiger partial charge < -0.3 is 4.74 Å². The van der Waals surface area contributed by atoms with Crippen LogP contribution in [-0.2, 0) is 4.74 Å². The molecule has 0 radical (unpaired) electrons. The monoisotopic (exact) mass is 202 g/mol. The third kappa shape index (κ3) is 2.38. The Labute approximate surface area is 85.8 Å². The van der Waals surface area contributed by atoms with Crippen molar-refractivity contribution in [1.29, 1.82) is 0 Å². The maximum absolute atomic E-state index is 6.03. The smallest absolute Gasteiger partial charge is 0.0607 e. The van der Waals surface area contributed by atoms with Crippen LogP contribution in [0.2, 0.25) is 0 Å². The molecule has 13 heavy (non-hydrogen) atoms. The highest BCUT2D eigenvalue weighted by molar-refractivity contribution is 6.21. The van der Waals surface area contributed by atoms with Gasteiger partial charge in [0, 0.05) is 5.38 Å². The van der Waals surface area contributed by atoms with Crippen LogP contribution >= 0.6 is 11.6 Å². The maximum atomic E-state index is 6.03. The first-order chi connectivity index (χ1) is 6.25. The van der Waals surface area contributed by atoms with Crippen LogP contribution < -0.4 is 0 Å². The number of alkyl halides is 1. The van der Waals surface area contributed by atoms with Crippen molar-refractivity contribution in [2.75, 3.05) is 0 Å². The average Bonchev–Trinajstić information content (AvgIpc) is 2.06. The van der Waals surface area contributed by atoms with Crippen molar-refractivity contribution in [1.82, 2.24) is 0 Å². The predicted molar refractivity (Wildman–Crippen MR) is 55.2 cm³/mol. The molecule has 0 saturated heterocycles. The fourth-order valence-corrected chi connectivity index (χ4v) is 2.74. The van der Waals surface area contributed by atoms with Gasteiger partial charge in [-0.3, -0.25) is 0 Å². The van der Waals surface area contributed by atoms with Crippen LogP contribution in [0.15, 0.2) is 0 Å². The van der Waals surface area contributed by atoms with Gasteiger partial charge in [-0.05, 0) is 31.6 Å². The molecule has 1 nitrogen and oxygen atoms in total. The molecular weight excluding hydrogens is 184 g/mol. The fraction of sp³-hybridized carbons (Fsp3) is 1.00. The molecular formula is C11H19ClO. The Morgan fingerprint density at radius 3 is 2.46 bits per heavy atom. The average molecular weight is 203 g/mol. The largest absolute Gasteiger partial charge is 0.375 e. The van der Waals surface area contributed by atoms with Crippen LogP contribution in [0.5, 0.6) is 0 Å². The molecule has 2 atom stereocenters. The molecule has 2 fully saturated rings. The molecule has 0 aromatic heterocycles. The van der Waals surface area contributed by atoms with Gasteiger partial charge in [0.25, 0.3) is 0 Å². The summed E-state index contributed by atoms with van der Waals surface area (Å²) in [4.78, 5) is 0. The van der Waals surface area contributed by atoms with Gasteiger partial charge in [0.15, 0.2) is 0 Å². The molecule has 0 amide bonds. The lowest BCUT2D eigenvalue weighted by Gasteiger charge is -2.38. The summed E-state index contributed by atoms with van der Waals surface area (Å²) in [5.74, 6) is 0.767. The number of halogens is 1. The zero-order valence-electron chi connectivity index (χ0n) is 8.34. The lowest BCUT2D eigenvalue weighted by atomic mass is 9.87. The number of hydrogen-bond acceptors (Lipinski definition) is 1. The molecule has 0 aliphatic heterocycles. The number of hydrogen-bond donors (Lipinski definition) is 0. The standard InChI is InChI=1S/C11H19ClO/c1-8-4-2-3-5-11(8)13-10-6-9(12)7-10/h8-11H,2-7H2,1H3. The van der Waals surface area contributed by atoms with E-state index >= 15 is 0 Å². The van der Waals surface area contributed by atoms with E-state index in [-0.39, 0.29) is 0 Å². The summed E-state index contributed by atoms with van der Waals surface area (Å²) >= 11 is 5.92. The molecule has 2 rings (SSSR count). The summed E-state index contributed by atoms with van der Waals surface area (Å²) in [5.41, 5.74) is 0. The summed E-state index contributed by atoms with van der Waals surface area (Å²) in [6.07, 6.45) is 8.52. The molecule has 0 spiro atoms. The van der Waals surface area contributed by atoms with E-state index in [0.29, 0.717) is 17.6 Å². The molecule has 2 heteroatoms. The van der Waals surface area contributed by atoms with Gasteiger partial charge in [-0.1, -0.05) is 19.8 Å². The van der Waals surface area contributed by atoms with E-state index in [2.05, 4.69) is 6.92 Å². The first-order valence-corrected chi connectivity index (χ1v) is 5.99. The summed E-state index contributed by atoms with van der Waals surface area (Å²) < 4.78 is 6.03. The van der Waals surface area contributed by atoms with Crippen molar-refractivity contribution in [3.63, 3.8) is 0 Å². The molecule has 0 heterocycles.